The van der Waals surface area contributed by atoms with E-state index in [1.807, 2.05) is 24.4 Å². The molecule has 2 atom stereocenters. The van der Waals surface area contributed by atoms with Crippen molar-refractivity contribution in [2.45, 2.75) is 30.9 Å². The summed E-state index contributed by atoms with van der Waals surface area (Å²) >= 11 is 0. The Morgan fingerprint density at radius 2 is 2.44 bits per heavy atom. The van der Waals surface area contributed by atoms with Gasteiger partial charge in [0.25, 0.3) is 0 Å². The summed E-state index contributed by atoms with van der Waals surface area (Å²) < 4.78 is 6.06. The summed E-state index contributed by atoms with van der Waals surface area (Å²) in [5, 5.41) is 3.54. The van der Waals surface area contributed by atoms with Crippen LogP contribution in [0.1, 0.15) is 19.3 Å². The number of aromatic nitrogens is 1. The molecule has 1 aromatic heterocycles. The monoisotopic (exact) mass is 247 g/mol. The minimum Gasteiger partial charge on any atom is -0.373 e. The second-order valence-corrected chi connectivity index (χ2v) is 5.57. The number of nitrogens with zero attached hydrogens (tertiary/aromatic N) is 2. The highest BCUT2D eigenvalue weighted by Crippen LogP contribution is 2.34. The van der Waals surface area contributed by atoms with Gasteiger partial charge in [-0.1, -0.05) is 6.07 Å². The summed E-state index contributed by atoms with van der Waals surface area (Å²) in [4.78, 5) is 6.70. The van der Waals surface area contributed by atoms with Gasteiger partial charge in [0.1, 0.15) is 5.82 Å². The van der Waals surface area contributed by atoms with E-state index in [1.54, 1.807) is 0 Å². The lowest BCUT2D eigenvalue weighted by molar-refractivity contribution is -0.0723. The highest BCUT2D eigenvalue weighted by molar-refractivity contribution is 5.34. The minimum absolute atomic E-state index is 0.0828. The van der Waals surface area contributed by atoms with Gasteiger partial charge in [-0.25, -0.2) is 4.98 Å². The van der Waals surface area contributed by atoms with Crippen LogP contribution in [0.2, 0.25) is 0 Å². The van der Waals surface area contributed by atoms with Crippen molar-refractivity contribution in [2.24, 2.45) is 0 Å². The number of ether oxygens (including phenoxy) is 1. The minimum atomic E-state index is 0.0828. The van der Waals surface area contributed by atoms with E-state index in [2.05, 4.69) is 22.2 Å². The molecule has 3 rings (SSSR count). The number of rotatable bonds is 2. The van der Waals surface area contributed by atoms with Crippen LogP contribution in [-0.2, 0) is 4.74 Å². The number of nitrogens with one attached hydrogen (secondary N) is 1. The standard InChI is InChI=1S/C14H21N3O/c1-17-8-6-14(11-17)10-12(5-9-18-14)16-13-4-2-3-7-15-13/h2-4,7,12H,5-6,8-11H2,1H3,(H,15,16)/t12-,14+/m1/s1. The van der Waals surface area contributed by atoms with Crippen LogP contribution >= 0.6 is 0 Å². The molecule has 18 heavy (non-hydrogen) atoms. The Morgan fingerprint density at radius 1 is 1.50 bits per heavy atom. The Balaban J connectivity index is 1.64. The summed E-state index contributed by atoms with van der Waals surface area (Å²) in [7, 11) is 2.17. The molecule has 0 amide bonds. The van der Waals surface area contributed by atoms with E-state index in [0.717, 1.165) is 44.8 Å². The Kier molecular flexibility index (Phi) is 3.22. The van der Waals surface area contributed by atoms with Gasteiger partial charge in [0, 0.05) is 31.9 Å². The van der Waals surface area contributed by atoms with E-state index in [0.29, 0.717) is 6.04 Å². The molecule has 0 aromatic carbocycles. The first kappa shape index (κ1) is 11.9. The molecule has 0 bridgehead atoms. The molecule has 1 spiro atoms. The first-order valence-corrected chi connectivity index (χ1v) is 6.76. The number of hydrogen-bond acceptors (Lipinski definition) is 4. The van der Waals surface area contributed by atoms with Crippen LogP contribution < -0.4 is 5.32 Å². The van der Waals surface area contributed by atoms with E-state index in [4.69, 9.17) is 4.74 Å². The summed E-state index contributed by atoms with van der Waals surface area (Å²) in [5.41, 5.74) is 0.0828. The molecule has 4 heteroatoms. The van der Waals surface area contributed by atoms with Gasteiger partial charge in [0.05, 0.1) is 5.60 Å². The topological polar surface area (TPSA) is 37.4 Å². The molecule has 98 valence electrons. The second-order valence-electron chi connectivity index (χ2n) is 5.57. The quantitative estimate of drug-likeness (QED) is 0.864. The van der Waals surface area contributed by atoms with Crippen molar-refractivity contribution >= 4 is 5.82 Å². The third-order valence-electron chi connectivity index (χ3n) is 4.02. The summed E-state index contributed by atoms with van der Waals surface area (Å²) in [6.45, 7) is 3.07. The lowest BCUT2D eigenvalue weighted by atomic mass is 9.89. The zero-order valence-electron chi connectivity index (χ0n) is 10.9. The van der Waals surface area contributed by atoms with Crippen molar-refractivity contribution in [3.63, 3.8) is 0 Å². The molecule has 2 saturated heterocycles. The van der Waals surface area contributed by atoms with E-state index < -0.39 is 0 Å². The van der Waals surface area contributed by atoms with Crippen LogP contribution in [0.3, 0.4) is 0 Å². The zero-order valence-corrected chi connectivity index (χ0v) is 10.9. The third kappa shape index (κ3) is 2.49. The van der Waals surface area contributed by atoms with Crippen LogP contribution in [0.4, 0.5) is 5.82 Å². The molecule has 2 aliphatic rings. The Labute approximate surface area is 108 Å². The van der Waals surface area contributed by atoms with Crippen molar-refractivity contribution in [1.29, 1.82) is 0 Å². The maximum atomic E-state index is 6.06. The van der Waals surface area contributed by atoms with E-state index >= 15 is 0 Å². The molecule has 1 aromatic rings. The number of anilines is 1. The van der Waals surface area contributed by atoms with Crippen LogP contribution in [0, 0.1) is 0 Å². The van der Waals surface area contributed by atoms with Gasteiger partial charge in [-0.15, -0.1) is 0 Å². The van der Waals surface area contributed by atoms with Gasteiger partial charge in [0.2, 0.25) is 0 Å². The smallest absolute Gasteiger partial charge is 0.126 e. The maximum Gasteiger partial charge on any atom is 0.126 e. The number of hydrogen-bond donors (Lipinski definition) is 1. The normalized spacial score (nSPS) is 32.8. The Hall–Kier alpha value is -1.13. The van der Waals surface area contributed by atoms with Crippen LogP contribution in [0.15, 0.2) is 24.4 Å². The predicted molar refractivity (Wildman–Crippen MR) is 71.7 cm³/mol. The Morgan fingerprint density at radius 3 is 3.17 bits per heavy atom. The van der Waals surface area contributed by atoms with E-state index in [1.165, 1.54) is 0 Å². The van der Waals surface area contributed by atoms with Crippen molar-refractivity contribution in [2.75, 3.05) is 32.1 Å². The number of likely N-dealkylation sites (tertiary alicyclic amines) is 1. The van der Waals surface area contributed by atoms with E-state index in [9.17, 15) is 0 Å². The molecule has 4 nitrogen and oxygen atoms in total. The average Bonchev–Trinajstić information content (AvgIpc) is 2.72. The van der Waals surface area contributed by atoms with Gasteiger partial charge < -0.3 is 15.0 Å². The van der Waals surface area contributed by atoms with Crippen LogP contribution in [0.25, 0.3) is 0 Å². The third-order valence-corrected chi connectivity index (χ3v) is 4.02. The largest absolute Gasteiger partial charge is 0.373 e. The zero-order chi connectivity index (χ0) is 12.4. The van der Waals surface area contributed by atoms with Gasteiger partial charge in [-0.2, -0.15) is 0 Å². The first-order chi connectivity index (χ1) is 8.76. The van der Waals surface area contributed by atoms with Gasteiger partial charge in [-0.05, 0) is 38.4 Å². The molecule has 0 aliphatic carbocycles. The van der Waals surface area contributed by atoms with Crippen molar-refractivity contribution in [1.82, 2.24) is 9.88 Å². The van der Waals surface area contributed by atoms with E-state index in [-0.39, 0.29) is 5.60 Å². The highest BCUT2D eigenvalue weighted by atomic mass is 16.5. The van der Waals surface area contributed by atoms with Crippen LogP contribution in [0.5, 0.6) is 0 Å². The van der Waals surface area contributed by atoms with Crippen molar-refractivity contribution in [3.05, 3.63) is 24.4 Å². The average molecular weight is 247 g/mol. The summed E-state index contributed by atoms with van der Waals surface area (Å²) in [6.07, 6.45) is 5.15. The van der Waals surface area contributed by atoms with Gasteiger partial charge >= 0.3 is 0 Å². The fourth-order valence-electron chi connectivity index (χ4n) is 3.14. The molecular weight excluding hydrogens is 226 g/mol. The molecule has 2 fully saturated rings. The van der Waals surface area contributed by atoms with Gasteiger partial charge in [-0.3, -0.25) is 0 Å². The first-order valence-electron chi connectivity index (χ1n) is 6.76. The molecule has 3 heterocycles. The molecule has 2 aliphatic heterocycles. The lowest BCUT2D eigenvalue weighted by Gasteiger charge is -2.38. The second kappa shape index (κ2) is 4.86. The van der Waals surface area contributed by atoms with Crippen LogP contribution in [-0.4, -0.2) is 48.3 Å². The van der Waals surface area contributed by atoms with Crippen molar-refractivity contribution < 1.29 is 4.74 Å². The SMILES string of the molecule is CN1CC[C@]2(C[C@H](Nc3ccccn3)CCO2)C1. The van der Waals surface area contributed by atoms with Gasteiger partial charge in [0.15, 0.2) is 0 Å². The summed E-state index contributed by atoms with van der Waals surface area (Å²) in [5.74, 6) is 0.978. The molecule has 0 unspecified atom stereocenters. The lowest BCUT2D eigenvalue weighted by Crippen LogP contribution is -2.46. The molecule has 0 saturated carbocycles. The highest BCUT2D eigenvalue weighted by Gasteiger charge is 2.42. The molecule has 0 radical (unpaired) electrons. The van der Waals surface area contributed by atoms with Crippen molar-refractivity contribution in [3.8, 4) is 0 Å². The number of likely N-dealkylation sites (N-methyl/N-ethyl adjacent to an activating group) is 1. The maximum absolute atomic E-state index is 6.06. The predicted octanol–water partition coefficient (Wildman–Crippen LogP) is 1.75. The fraction of sp³-hybridized carbons (Fsp3) is 0.643. The summed E-state index contributed by atoms with van der Waals surface area (Å²) in [6, 6.07) is 6.49. The number of pyridine rings is 1. The fourth-order valence-corrected chi connectivity index (χ4v) is 3.14. The molecular formula is C14H21N3O. The molecule has 1 N–H and O–H groups in total. The Bertz CT molecular complexity index is 393.